The van der Waals surface area contributed by atoms with E-state index in [0.29, 0.717) is 22.0 Å². The molecule has 0 aromatic carbocycles. The monoisotopic (exact) mass is 310 g/mol. The van der Waals surface area contributed by atoms with Gasteiger partial charge in [-0.1, -0.05) is 26.7 Å². The number of rotatable bonds is 6. The Hall–Kier alpha value is -1.10. The summed E-state index contributed by atoms with van der Waals surface area (Å²) in [7, 11) is -3.25. The first kappa shape index (κ1) is 16.3. The van der Waals surface area contributed by atoms with Crippen LogP contribution < -0.4 is 5.32 Å². The van der Waals surface area contributed by atoms with Gasteiger partial charge in [0.05, 0.1) is 0 Å². The largest absolute Gasteiger partial charge is 0.368 e. The zero-order valence-electron chi connectivity index (χ0n) is 13.2. The van der Waals surface area contributed by atoms with E-state index >= 15 is 0 Å². The lowest BCUT2D eigenvalue weighted by molar-refractivity contribution is 0.252. The lowest BCUT2D eigenvalue weighted by Crippen LogP contribution is -2.29. The topological polar surface area (TPSA) is 59.1 Å². The molecule has 0 unspecified atom stereocenters. The number of nitrogens with zero attached hydrogens (tertiary/aromatic N) is 1. The fourth-order valence-corrected chi connectivity index (χ4v) is 4.34. The summed E-state index contributed by atoms with van der Waals surface area (Å²) in [4.78, 5) is 4.52. The number of nitrogens with one attached hydrogen (secondary N) is 1. The zero-order valence-corrected chi connectivity index (χ0v) is 14.0. The maximum atomic E-state index is 11.8. The highest BCUT2D eigenvalue weighted by molar-refractivity contribution is 7.90. The van der Waals surface area contributed by atoms with Crippen molar-refractivity contribution >= 4 is 15.7 Å². The van der Waals surface area contributed by atoms with Gasteiger partial charge in [0.2, 0.25) is 0 Å². The molecule has 1 heterocycles. The minimum Gasteiger partial charge on any atom is -0.368 e. The van der Waals surface area contributed by atoms with Crippen LogP contribution in [0.3, 0.4) is 0 Å². The van der Waals surface area contributed by atoms with Crippen LogP contribution in [0.25, 0.3) is 0 Å². The zero-order chi connectivity index (χ0) is 15.5. The summed E-state index contributed by atoms with van der Waals surface area (Å²) in [6.07, 6.45) is 9.04. The third-order valence-corrected chi connectivity index (χ3v) is 5.43. The van der Waals surface area contributed by atoms with Crippen LogP contribution in [0.1, 0.15) is 46.0 Å². The third-order valence-electron chi connectivity index (χ3n) is 4.31. The first-order chi connectivity index (χ1) is 9.82. The summed E-state index contributed by atoms with van der Waals surface area (Å²) in [6.45, 7) is 5.32. The fourth-order valence-electron chi connectivity index (χ4n) is 3.54. The molecule has 1 aliphatic rings. The minimum atomic E-state index is -3.25. The van der Waals surface area contributed by atoms with Gasteiger partial charge in [-0.2, -0.15) is 0 Å². The number of aromatic nitrogens is 1. The van der Waals surface area contributed by atoms with Gasteiger partial charge in [-0.25, -0.2) is 13.4 Å². The van der Waals surface area contributed by atoms with Crippen LogP contribution in [0.4, 0.5) is 5.82 Å². The van der Waals surface area contributed by atoms with Gasteiger partial charge in [0.1, 0.15) is 10.7 Å². The summed E-state index contributed by atoms with van der Waals surface area (Å²) in [6, 6.07) is 3.29. The molecular weight excluding hydrogens is 284 g/mol. The standard InChI is InChI=1S/C16H26N2O2S/c1-13(2)11-16(8-4-5-9-16)12-18-15-14(21(3,19)20)7-6-10-17-15/h6-7,10,13H,4-5,8-9,11-12H2,1-3H3,(H,17,18). The molecule has 5 heteroatoms. The lowest BCUT2D eigenvalue weighted by atomic mass is 9.78. The molecular formula is C16H26N2O2S. The second-order valence-corrected chi connectivity index (χ2v) is 8.77. The van der Waals surface area contributed by atoms with E-state index < -0.39 is 9.84 Å². The van der Waals surface area contributed by atoms with Gasteiger partial charge >= 0.3 is 0 Å². The van der Waals surface area contributed by atoms with E-state index in [-0.39, 0.29) is 0 Å². The summed E-state index contributed by atoms with van der Waals surface area (Å²) >= 11 is 0. The van der Waals surface area contributed by atoms with E-state index in [1.165, 1.54) is 38.4 Å². The van der Waals surface area contributed by atoms with Gasteiger partial charge in [-0.3, -0.25) is 0 Å². The van der Waals surface area contributed by atoms with E-state index in [9.17, 15) is 8.42 Å². The smallest absolute Gasteiger partial charge is 0.179 e. The maximum Gasteiger partial charge on any atom is 0.179 e. The SMILES string of the molecule is CC(C)CC1(CNc2ncccc2S(C)(=O)=O)CCCC1. The number of hydrogen-bond donors (Lipinski definition) is 1. The van der Waals surface area contributed by atoms with Gasteiger partial charge < -0.3 is 5.32 Å². The Labute approximate surface area is 128 Å². The molecule has 0 atom stereocenters. The Morgan fingerprint density at radius 1 is 1.33 bits per heavy atom. The Morgan fingerprint density at radius 3 is 2.57 bits per heavy atom. The normalized spacial score (nSPS) is 18.1. The summed E-state index contributed by atoms with van der Waals surface area (Å²) in [5, 5.41) is 3.32. The summed E-state index contributed by atoms with van der Waals surface area (Å²) < 4.78 is 23.7. The Balaban J connectivity index is 2.15. The molecule has 1 fully saturated rings. The maximum absolute atomic E-state index is 11.8. The molecule has 118 valence electrons. The van der Waals surface area contributed by atoms with E-state index in [1.807, 2.05) is 0 Å². The number of sulfone groups is 1. The Kier molecular flexibility index (Phi) is 4.91. The van der Waals surface area contributed by atoms with Crippen molar-refractivity contribution in [1.82, 2.24) is 4.98 Å². The van der Waals surface area contributed by atoms with Crippen LogP contribution in [-0.4, -0.2) is 26.2 Å². The molecule has 1 N–H and O–H groups in total. The van der Waals surface area contributed by atoms with E-state index in [4.69, 9.17) is 0 Å². The molecule has 1 saturated carbocycles. The van der Waals surface area contributed by atoms with E-state index in [0.717, 1.165) is 6.54 Å². The lowest BCUT2D eigenvalue weighted by Gasteiger charge is -2.31. The Bertz CT molecular complexity index is 576. The molecule has 21 heavy (non-hydrogen) atoms. The van der Waals surface area contributed by atoms with Gasteiger partial charge in [0.25, 0.3) is 0 Å². The van der Waals surface area contributed by atoms with Crippen molar-refractivity contribution in [1.29, 1.82) is 0 Å². The van der Waals surface area contributed by atoms with Crippen molar-refractivity contribution in [3.63, 3.8) is 0 Å². The van der Waals surface area contributed by atoms with Crippen LogP contribution in [0.2, 0.25) is 0 Å². The summed E-state index contributed by atoms with van der Waals surface area (Å²) in [5.74, 6) is 1.15. The highest BCUT2D eigenvalue weighted by atomic mass is 32.2. The summed E-state index contributed by atoms with van der Waals surface area (Å²) in [5.41, 5.74) is 0.292. The van der Waals surface area contributed by atoms with Crippen molar-refractivity contribution in [3.8, 4) is 0 Å². The van der Waals surface area contributed by atoms with Crippen LogP contribution in [0, 0.1) is 11.3 Å². The van der Waals surface area contributed by atoms with Crippen molar-refractivity contribution in [2.75, 3.05) is 18.1 Å². The third kappa shape index (κ3) is 4.19. The highest BCUT2D eigenvalue weighted by Gasteiger charge is 2.34. The molecule has 1 aromatic rings. The predicted molar refractivity (Wildman–Crippen MR) is 86.2 cm³/mol. The van der Waals surface area contributed by atoms with Crippen molar-refractivity contribution in [2.45, 2.75) is 50.8 Å². The molecule has 0 saturated heterocycles. The molecule has 4 nitrogen and oxygen atoms in total. The minimum absolute atomic E-state index is 0.292. The second kappa shape index (κ2) is 6.34. The fraction of sp³-hybridized carbons (Fsp3) is 0.688. The average Bonchev–Trinajstić information content (AvgIpc) is 2.84. The van der Waals surface area contributed by atoms with Gasteiger partial charge in [0, 0.05) is 19.0 Å². The number of hydrogen-bond acceptors (Lipinski definition) is 4. The van der Waals surface area contributed by atoms with Gasteiger partial charge in [-0.05, 0) is 42.7 Å². The van der Waals surface area contributed by atoms with E-state index in [1.54, 1.807) is 18.3 Å². The molecule has 1 aromatic heterocycles. The van der Waals surface area contributed by atoms with Crippen molar-refractivity contribution in [2.24, 2.45) is 11.3 Å². The molecule has 0 bridgehead atoms. The molecule has 0 radical (unpaired) electrons. The van der Waals surface area contributed by atoms with Crippen LogP contribution in [0.5, 0.6) is 0 Å². The second-order valence-electron chi connectivity index (χ2n) is 6.78. The molecule has 0 spiro atoms. The van der Waals surface area contributed by atoms with Crippen molar-refractivity contribution in [3.05, 3.63) is 18.3 Å². The molecule has 2 rings (SSSR count). The first-order valence-corrected chi connectivity index (χ1v) is 9.60. The van der Waals surface area contributed by atoms with E-state index in [2.05, 4.69) is 24.1 Å². The average molecular weight is 310 g/mol. The first-order valence-electron chi connectivity index (χ1n) is 7.71. The highest BCUT2D eigenvalue weighted by Crippen LogP contribution is 2.43. The van der Waals surface area contributed by atoms with Crippen LogP contribution >= 0.6 is 0 Å². The van der Waals surface area contributed by atoms with Crippen LogP contribution in [-0.2, 0) is 9.84 Å². The Morgan fingerprint density at radius 2 is 2.00 bits per heavy atom. The van der Waals surface area contributed by atoms with Crippen LogP contribution in [0.15, 0.2) is 23.2 Å². The number of pyridine rings is 1. The van der Waals surface area contributed by atoms with Gasteiger partial charge in [0.15, 0.2) is 9.84 Å². The number of anilines is 1. The van der Waals surface area contributed by atoms with Gasteiger partial charge in [-0.15, -0.1) is 0 Å². The molecule has 0 amide bonds. The molecule has 1 aliphatic carbocycles. The predicted octanol–water partition coefficient (Wildman–Crippen LogP) is 3.50. The molecule has 0 aliphatic heterocycles. The quantitative estimate of drug-likeness (QED) is 0.873. The van der Waals surface area contributed by atoms with Crippen molar-refractivity contribution < 1.29 is 8.42 Å².